The molecule has 3 heteroatoms. The number of carbonyl (C=O) groups is 1. The molecule has 106 valence electrons. The van der Waals surface area contributed by atoms with E-state index < -0.39 is 0 Å². The van der Waals surface area contributed by atoms with Crippen LogP contribution < -0.4 is 0 Å². The lowest BCUT2D eigenvalue weighted by atomic mass is 10.1. The molecule has 0 aromatic rings. The molecule has 18 heavy (non-hydrogen) atoms. The lowest BCUT2D eigenvalue weighted by molar-refractivity contribution is -0.144. The number of hydrogen-bond acceptors (Lipinski definition) is 3. The van der Waals surface area contributed by atoms with Crippen molar-refractivity contribution in [1.29, 1.82) is 0 Å². The Morgan fingerprint density at radius 2 is 1.78 bits per heavy atom. The monoisotopic (exact) mass is 272 g/mol. The van der Waals surface area contributed by atoms with Crippen LogP contribution in [0.3, 0.4) is 0 Å². The fourth-order valence-electron chi connectivity index (χ4n) is 1.91. The highest BCUT2D eigenvalue weighted by molar-refractivity contribution is 8.06. The number of hydrogen-bond donors (Lipinski definition) is 0. The van der Waals surface area contributed by atoms with Crippen LogP contribution in [0.4, 0.5) is 0 Å². The van der Waals surface area contributed by atoms with Crippen molar-refractivity contribution in [1.82, 2.24) is 0 Å². The van der Waals surface area contributed by atoms with E-state index in [2.05, 4.69) is 25.6 Å². The van der Waals surface area contributed by atoms with E-state index >= 15 is 0 Å². The van der Waals surface area contributed by atoms with Gasteiger partial charge in [-0.1, -0.05) is 46.0 Å². The van der Waals surface area contributed by atoms with Crippen molar-refractivity contribution < 1.29 is 9.53 Å². The van der Waals surface area contributed by atoms with Gasteiger partial charge >= 0.3 is 5.97 Å². The molecular formula is C15H28O2S. The van der Waals surface area contributed by atoms with Crippen molar-refractivity contribution in [3.05, 3.63) is 0 Å². The Morgan fingerprint density at radius 3 is 2.39 bits per heavy atom. The number of esters is 1. The molecule has 0 bridgehead atoms. The first kappa shape index (κ1) is 15.9. The molecule has 1 saturated heterocycles. The standard InChI is InChI=1S/C15H28O2S/c1-13(2)11-17-15(16)10-8-6-4-3-5-7-9-14-12-18-14/h13-14H,3-12H2,1-2H3. The lowest BCUT2D eigenvalue weighted by Gasteiger charge is -2.06. The van der Waals surface area contributed by atoms with E-state index in [0.29, 0.717) is 18.9 Å². The van der Waals surface area contributed by atoms with Crippen LogP contribution in [0.5, 0.6) is 0 Å². The minimum absolute atomic E-state index is 0.0190. The van der Waals surface area contributed by atoms with Crippen molar-refractivity contribution >= 4 is 17.7 Å². The maximum absolute atomic E-state index is 11.3. The van der Waals surface area contributed by atoms with E-state index in [-0.39, 0.29) is 5.97 Å². The minimum Gasteiger partial charge on any atom is -0.465 e. The predicted molar refractivity (Wildman–Crippen MR) is 79.0 cm³/mol. The number of ether oxygens (including phenoxy) is 1. The number of rotatable bonds is 11. The van der Waals surface area contributed by atoms with Gasteiger partial charge in [0.25, 0.3) is 0 Å². The van der Waals surface area contributed by atoms with Gasteiger partial charge in [0.2, 0.25) is 0 Å². The highest BCUT2D eigenvalue weighted by Crippen LogP contribution is 2.34. The summed E-state index contributed by atoms with van der Waals surface area (Å²) in [5.74, 6) is 1.83. The molecule has 1 unspecified atom stereocenters. The van der Waals surface area contributed by atoms with E-state index in [9.17, 15) is 4.79 Å². The molecule has 1 aliphatic heterocycles. The van der Waals surface area contributed by atoms with Crippen molar-refractivity contribution in [3.8, 4) is 0 Å². The highest BCUT2D eigenvalue weighted by Gasteiger charge is 2.20. The largest absolute Gasteiger partial charge is 0.465 e. The Balaban J connectivity index is 1.75. The first-order valence-electron chi connectivity index (χ1n) is 7.45. The summed E-state index contributed by atoms with van der Waals surface area (Å²) >= 11 is 2.10. The molecule has 1 atom stereocenters. The van der Waals surface area contributed by atoms with Crippen molar-refractivity contribution in [2.24, 2.45) is 5.92 Å². The predicted octanol–water partition coefficient (Wildman–Crippen LogP) is 4.42. The summed E-state index contributed by atoms with van der Waals surface area (Å²) in [5, 5.41) is 1.00. The fourth-order valence-corrected chi connectivity index (χ4v) is 2.55. The molecule has 0 aliphatic carbocycles. The molecule has 1 rings (SSSR count). The number of unbranched alkanes of at least 4 members (excludes halogenated alkanes) is 5. The summed E-state index contributed by atoms with van der Waals surface area (Å²) in [4.78, 5) is 11.3. The zero-order valence-corrected chi connectivity index (χ0v) is 12.8. The molecule has 0 saturated carbocycles. The van der Waals surface area contributed by atoms with Gasteiger partial charge in [0.1, 0.15) is 0 Å². The van der Waals surface area contributed by atoms with E-state index in [1.54, 1.807) is 0 Å². The van der Waals surface area contributed by atoms with Gasteiger partial charge in [-0.25, -0.2) is 0 Å². The average Bonchev–Trinajstić information content (AvgIpc) is 3.14. The van der Waals surface area contributed by atoms with Crippen LogP contribution >= 0.6 is 11.8 Å². The van der Waals surface area contributed by atoms with Crippen molar-refractivity contribution in [2.75, 3.05) is 12.4 Å². The third kappa shape index (κ3) is 9.81. The summed E-state index contributed by atoms with van der Waals surface area (Å²) in [6.07, 6.45) is 9.57. The SMILES string of the molecule is CC(C)COC(=O)CCCCCCCCC1CS1. The quantitative estimate of drug-likeness (QED) is 0.316. The summed E-state index contributed by atoms with van der Waals surface area (Å²) in [7, 11) is 0. The van der Waals surface area contributed by atoms with E-state index in [4.69, 9.17) is 4.74 Å². The molecule has 2 nitrogen and oxygen atoms in total. The van der Waals surface area contributed by atoms with Gasteiger partial charge in [0.15, 0.2) is 0 Å². The van der Waals surface area contributed by atoms with Crippen LogP contribution in [0.25, 0.3) is 0 Å². The minimum atomic E-state index is -0.0190. The Morgan fingerprint density at radius 1 is 1.17 bits per heavy atom. The van der Waals surface area contributed by atoms with Crippen molar-refractivity contribution in [3.63, 3.8) is 0 Å². The molecule has 1 fully saturated rings. The maximum Gasteiger partial charge on any atom is 0.305 e. The van der Waals surface area contributed by atoms with Crippen molar-refractivity contribution in [2.45, 2.75) is 70.5 Å². The van der Waals surface area contributed by atoms with Gasteiger partial charge in [-0.05, 0) is 18.8 Å². The van der Waals surface area contributed by atoms with Crippen LogP contribution in [0.1, 0.15) is 65.2 Å². The van der Waals surface area contributed by atoms with E-state index in [0.717, 1.165) is 11.7 Å². The molecule has 1 heterocycles. The topological polar surface area (TPSA) is 26.3 Å². The summed E-state index contributed by atoms with van der Waals surface area (Å²) in [6.45, 7) is 4.69. The van der Waals surface area contributed by atoms with Crippen LogP contribution in [0, 0.1) is 5.92 Å². The molecule has 0 radical (unpaired) electrons. The molecule has 0 aromatic heterocycles. The number of thioether (sulfide) groups is 1. The van der Waals surface area contributed by atoms with Gasteiger partial charge in [0, 0.05) is 17.4 Å². The van der Waals surface area contributed by atoms with Gasteiger partial charge in [-0.2, -0.15) is 11.8 Å². The zero-order valence-electron chi connectivity index (χ0n) is 12.0. The first-order chi connectivity index (χ1) is 8.68. The second-order valence-corrected chi connectivity index (χ2v) is 7.03. The van der Waals surface area contributed by atoms with Crippen LogP contribution in [-0.2, 0) is 9.53 Å². The summed E-state index contributed by atoms with van der Waals surface area (Å²) in [5.41, 5.74) is 0. The maximum atomic E-state index is 11.3. The molecular weight excluding hydrogens is 244 g/mol. The zero-order chi connectivity index (χ0) is 13.2. The fraction of sp³-hybridized carbons (Fsp3) is 0.933. The normalized spacial score (nSPS) is 18.1. The van der Waals surface area contributed by atoms with Gasteiger partial charge in [-0.15, -0.1) is 0 Å². The van der Waals surface area contributed by atoms with Gasteiger partial charge in [-0.3, -0.25) is 4.79 Å². The second-order valence-electron chi connectivity index (χ2n) is 5.69. The van der Waals surface area contributed by atoms with E-state index in [1.165, 1.54) is 44.3 Å². The first-order valence-corrected chi connectivity index (χ1v) is 8.50. The van der Waals surface area contributed by atoms with Gasteiger partial charge < -0.3 is 4.74 Å². The lowest BCUT2D eigenvalue weighted by Crippen LogP contribution is -2.09. The van der Waals surface area contributed by atoms with E-state index in [1.807, 2.05) is 0 Å². The molecule has 0 amide bonds. The Kier molecular flexibility index (Phi) is 8.57. The summed E-state index contributed by atoms with van der Waals surface area (Å²) < 4.78 is 5.14. The molecule has 1 aliphatic rings. The Bertz CT molecular complexity index is 225. The second kappa shape index (κ2) is 9.71. The molecule has 0 N–H and O–H groups in total. The Labute approximate surface area is 116 Å². The third-order valence-electron chi connectivity index (χ3n) is 3.14. The van der Waals surface area contributed by atoms with Crippen LogP contribution in [0.15, 0.2) is 0 Å². The highest BCUT2D eigenvalue weighted by atomic mass is 32.2. The Hall–Kier alpha value is -0.180. The van der Waals surface area contributed by atoms with Crippen LogP contribution in [0.2, 0.25) is 0 Å². The van der Waals surface area contributed by atoms with Crippen LogP contribution in [-0.4, -0.2) is 23.6 Å². The third-order valence-corrected chi connectivity index (χ3v) is 4.18. The number of carbonyl (C=O) groups excluding carboxylic acids is 1. The average molecular weight is 272 g/mol. The van der Waals surface area contributed by atoms with Gasteiger partial charge in [0.05, 0.1) is 6.61 Å². The molecule has 0 aromatic carbocycles. The summed E-state index contributed by atoms with van der Waals surface area (Å²) in [6, 6.07) is 0. The smallest absolute Gasteiger partial charge is 0.305 e. The molecule has 0 spiro atoms.